The summed E-state index contributed by atoms with van der Waals surface area (Å²) < 4.78 is 19.3. The predicted molar refractivity (Wildman–Crippen MR) is 180 cm³/mol. The zero-order valence-corrected chi connectivity index (χ0v) is 30.2. The molecular formula is C37H59NO5Si. The standard InChI is InChI=1S/C37H59NO5Si/c1-11-37(12-2)41-24-33(43-37)30-22-31(39)34(44(25(3)4,26(5)6)27(7)8)23-38(30)35(40)42-32-21-17-16-20-29(32)36(9,10)28-18-14-13-15-19-28/h13-15,18-19,23,25-27,29-30,32-33H,11-12,16-17,20-22,24H2,1-10H3/t29-,30-,32-,33+/m0/s1. The molecule has 1 aliphatic carbocycles. The lowest BCUT2D eigenvalue weighted by Crippen LogP contribution is -2.56. The fraction of sp³-hybridized carbons (Fsp3) is 0.730. The molecule has 0 aromatic heterocycles. The Kier molecular flexibility index (Phi) is 10.9. The first kappa shape index (κ1) is 34.9. The van der Waals surface area contributed by atoms with Crippen molar-refractivity contribution in [1.29, 1.82) is 0 Å². The molecule has 4 atom stereocenters. The number of allylic oxidation sites excluding steroid dienone is 1. The van der Waals surface area contributed by atoms with Gasteiger partial charge in [0.1, 0.15) is 20.3 Å². The van der Waals surface area contributed by atoms with Crippen molar-refractivity contribution in [2.24, 2.45) is 5.92 Å². The molecular weight excluding hydrogens is 566 g/mol. The zero-order valence-electron chi connectivity index (χ0n) is 29.2. The molecule has 0 radical (unpaired) electrons. The van der Waals surface area contributed by atoms with Crippen LogP contribution in [0.15, 0.2) is 41.7 Å². The maximum absolute atomic E-state index is 14.5. The monoisotopic (exact) mass is 625 g/mol. The first-order valence-corrected chi connectivity index (χ1v) is 19.6. The number of nitrogens with zero attached hydrogens (tertiary/aromatic N) is 1. The van der Waals surface area contributed by atoms with Gasteiger partial charge in [-0.05, 0) is 64.9 Å². The molecule has 2 heterocycles. The number of carbonyl (C=O) groups is 2. The molecule has 2 aliphatic heterocycles. The Hall–Kier alpha value is -1.96. The van der Waals surface area contributed by atoms with Crippen molar-refractivity contribution in [3.8, 4) is 0 Å². The van der Waals surface area contributed by atoms with E-state index < -0.39 is 19.9 Å². The van der Waals surface area contributed by atoms with Crippen LogP contribution in [0.2, 0.25) is 16.6 Å². The van der Waals surface area contributed by atoms with Crippen LogP contribution in [0.1, 0.15) is 120 Å². The highest BCUT2D eigenvalue weighted by Crippen LogP contribution is 2.49. The number of benzene rings is 1. The van der Waals surface area contributed by atoms with Crippen LogP contribution in [0.25, 0.3) is 0 Å². The number of rotatable bonds is 10. The molecule has 1 aromatic carbocycles. The molecule has 0 spiro atoms. The van der Waals surface area contributed by atoms with Crippen molar-refractivity contribution in [3.63, 3.8) is 0 Å². The SMILES string of the molecule is CCC1(CC)OC[C@H]([C@@H]2CC(=O)C([Si](C(C)C)(C(C)C)C(C)C)=CN2C(=O)O[C@H]2CCCC[C@@H]2C(C)(C)c2ccccc2)O1. The van der Waals surface area contributed by atoms with Gasteiger partial charge in [0.2, 0.25) is 0 Å². The van der Waals surface area contributed by atoms with Gasteiger partial charge in [0.15, 0.2) is 11.6 Å². The second-order valence-corrected chi connectivity index (χ2v) is 20.9. The first-order chi connectivity index (χ1) is 20.7. The maximum atomic E-state index is 14.5. The number of amides is 1. The highest BCUT2D eigenvalue weighted by molar-refractivity contribution is 6.93. The van der Waals surface area contributed by atoms with E-state index >= 15 is 0 Å². The van der Waals surface area contributed by atoms with Crippen LogP contribution >= 0.6 is 0 Å². The molecule has 0 N–H and O–H groups in total. The van der Waals surface area contributed by atoms with Crippen LogP contribution in [0.5, 0.6) is 0 Å². The minimum absolute atomic E-state index is 0.149. The van der Waals surface area contributed by atoms with Crippen molar-refractivity contribution in [2.75, 3.05) is 6.61 Å². The summed E-state index contributed by atoms with van der Waals surface area (Å²) in [4.78, 5) is 30.5. The van der Waals surface area contributed by atoms with E-state index in [4.69, 9.17) is 14.2 Å². The van der Waals surface area contributed by atoms with E-state index in [1.165, 1.54) is 5.56 Å². The third-order valence-electron chi connectivity index (χ3n) is 11.6. The Morgan fingerprint density at radius 1 is 1.00 bits per heavy atom. The maximum Gasteiger partial charge on any atom is 0.414 e. The van der Waals surface area contributed by atoms with Gasteiger partial charge in [0.05, 0.1) is 12.6 Å². The summed E-state index contributed by atoms with van der Waals surface area (Å²) in [6, 6.07) is 10.2. The molecule has 7 heteroatoms. The van der Waals surface area contributed by atoms with Crippen LogP contribution in [0.4, 0.5) is 4.79 Å². The topological polar surface area (TPSA) is 65.1 Å². The van der Waals surface area contributed by atoms with E-state index in [9.17, 15) is 9.59 Å². The van der Waals surface area contributed by atoms with E-state index in [-0.39, 0.29) is 41.8 Å². The van der Waals surface area contributed by atoms with Gasteiger partial charge in [-0.3, -0.25) is 9.69 Å². The summed E-state index contributed by atoms with van der Waals surface area (Å²) in [5.74, 6) is -0.310. The van der Waals surface area contributed by atoms with Crippen molar-refractivity contribution < 1.29 is 23.8 Å². The highest BCUT2D eigenvalue weighted by Gasteiger charge is 2.53. The average molecular weight is 626 g/mol. The molecule has 1 amide bonds. The lowest BCUT2D eigenvalue weighted by Gasteiger charge is -2.48. The molecule has 1 saturated carbocycles. The van der Waals surface area contributed by atoms with Crippen LogP contribution in [0.3, 0.4) is 0 Å². The summed E-state index contributed by atoms with van der Waals surface area (Å²) in [6.07, 6.45) is 6.70. The number of carbonyl (C=O) groups excluding carboxylic acids is 2. The quantitative estimate of drug-likeness (QED) is 0.242. The molecule has 3 aliphatic rings. The van der Waals surface area contributed by atoms with E-state index in [0.29, 0.717) is 36.1 Å². The number of hydrogen-bond donors (Lipinski definition) is 0. The number of Topliss-reactive ketones (excluding diaryl/α,β-unsaturated/α-hetero) is 1. The Morgan fingerprint density at radius 3 is 2.14 bits per heavy atom. The van der Waals surface area contributed by atoms with Crippen molar-refractivity contribution >= 4 is 20.0 Å². The van der Waals surface area contributed by atoms with E-state index in [0.717, 1.165) is 30.9 Å². The molecule has 0 unspecified atom stereocenters. The number of ketones is 1. The highest BCUT2D eigenvalue weighted by atomic mass is 28.3. The molecule has 6 nitrogen and oxygen atoms in total. The molecule has 1 saturated heterocycles. The largest absolute Gasteiger partial charge is 0.446 e. The van der Waals surface area contributed by atoms with Gasteiger partial charge >= 0.3 is 6.09 Å². The Balaban J connectivity index is 1.74. The minimum Gasteiger partial charge on any atom is -0.446 e. The molecule has 44 heavy (non-hydrogen) atoms. The van der Waals surface area contributed by atoms with Crippen LogP contribution in [-0.2, 0) is 24.4 Å². The average Bonchev–Trinajstić information content (AvgIpc) is 3.43. The summed E-state index contributed by atoms with van der Waals surface area (Å²) in [6.45, 7) is 22.6. The molecule has 4 rings (SSSR count). The third-order valence-corrected chi connectivity index (χ3v) is 18.7. The lowest BCUT2D eigenvalue weighted by molar-refractivity contribution is -0.177. The fourth-order valence-electron chi connectivity index (χ4n) is 9.21. The van der Waals surface area contributed by atoms with Gasteiger partial charge in [-0.1, -0.05) is 106 Å². The van der Waals surface area contributed by atoms with Gasteiger partial charge in [-0.25, -0.2) is 4.79 Å². The van der Waals surface area contributed by atoms with Crippen molar-refractivity contribution in [2.45, 2.75) is 160 Å². The van der Waals surface area contributed by atoms with Crippen LogP contribution < -0.4 is 0 Å². The first-order valence-electron chi connectivity index (χ1n) is 17.4. The van der Waals surface area contributed by atoms with E-state index in [2.05, 4.69) is 99.6 Å². The number of ether oxygens (including phenoxy) is 3. The summed E-state index contributed by atoms with van der Waals surface area (Å²) >= 11 is 0. The predicted octanol–water partition coefficient (Wildman–Crippen LogP) is 9.34. The summed E-state index contributed by atoms with van der Waals surface area (Å²) in [5.41, 5.74) is 2.16. The molecule has 0 bridgehead atoms. The zero-order chi connectivity index (χ0) is 32.4. The van der Waals surface area contributed by atoms with Gasteiger partial charge in [-0.2, -0.15) is 0 Å². The van der Waals surface area contributed by atoms with Crippen molar-refractivity contribution in [1.82, 2.24) is 4.90 Å². The van der Waals surface area contributed by atoms with Gasteiger partial charge in [-0.15, -0.1) is 0 Å². The summed E-state index contributed by atoms with van der Waals surface area (Å²) in [5, 5.41) is 0.881. The lowest BCUT2D eigenvalue weighted by atomic mass is 9.66. The Bertz CT molecular complexity index is 1150. The van der Waals surface area contributed by atoms with Gasteiger partial charge in [0, 0.05) is 18.5 Å². The second-order valence-electron chi connectivity index (χ2n) is 15.0. The molecule has 246 valence electrons. The normalized spacial score (nSPS) is 26.4. The van der Waals surface area contributed by atoms with Crippen LogP contribution in [-0.4, -0.2) is 55.5 Å². The van der Waals surface area contributed by atoms with Gasteiger partial charge in [0.25, 0.3) is 0 Å². The Labute approximate surface area is 268 Å². The minimum atomic E-state index is -2.34. The number of hydrogen-bond acceptors (Lipinski definition) is 5. The van der Waals surface area contributed by atoms with Gasteiger partial charge < -0.3 is 14.2 Å². The van der Waals surface area contributed by atoms with E-state index in [1.54, 1.807) is 4.90 Å². The fourth-order valence-corrected chi connectivity index (χ4v) is 16.0. The second kappa shape index (κ2) is 13.8. The summed E-state index contributed by atoms with van der Waals surface area (Å²) in [7, 11) is -2.34. The van der Waals surface area contributed by atoms with Crippen molar-refractivity contribution in [3.05, 3.63) is 47.3 Å². The Morgan fingerprint density at radius 2 is 1.59 bits per heavy atom. The van der Waals surface area contributed by atoms with Crippen LogP contribution in [0, 0.1) is 5.92 Å². The molecule has 2 fully saturated rings. The van der Waals surface area contributed by atoms with E-state index in [1.807, 2.05) is 6.20 Å². The molecule has 1 aromatic rings. The third kappa shape index (κ3) is 6.35. The smallest absolute Gasteiger partial charge is 0.414 e.